The monoisotopic (exact) mass is 151 g/mol. The van der Waals surface area contributed by atoms with E-state index in [-0.39, 0.29) is 5.91 Å². The Hall–Kier alpha value is -1.45. The van der Waals surface area contributed by atoms with Crippen LogP contribution in [-0.2, 0) is 4.79 Å². The van der Waals surface area contributed by atoms with Crippen LogP contribution in [0.5, 0.6) is 0 Å². The molecule has 1 N–H and O–H groups in total. The molecule has 4 nitrogen and oxygen atoms in total. The lowest BCUT2D eigenvalue weighted by molar-refractivity contribution is -0.114. The van der Waals surface area contributed by atoms with Gasteiger partial charge in [0.05, 0.1) is 0 Å². The molecule has 1 amide bonds. The maximum Gasteiger partial charge on any atom is 0.222 e. The first kappa shape index (κ1) is 7.65. The van der Waals surface area contributed by atoms with Crippen LogP contribution < -0.4 is 5.32 Å². The van der Waals surface area contributed by atoms with E-state index in [1.54, 1.807) is 6.07 Å². The van der Waals surface area contributed by atoms with Gasteiger partial charge in [0.2, 0.25) is 5.91 Å². The molecule has 11 heavy (non-hydrogen) atoms. The Bertz CT molecular complexity index is 272. The van der Waals surface area contributed by atoms with E-state index in [1.807, 2.05) is 6.92 Å². The van der Waals surface area contributed by atoms with E-state index in [9.17, 15) is 4.79 Å². The average Bonchev–Trinajstić information content (AvgIpc) is 1.85. The average molecular weight is 151 g/mol. The molecule has 0 saturated carbocycles. The van der Waals surface area contributed by atoms with Gasteiger partial charge in [0.1, 0.15) is 12.1 Å². The van der Waals surface area contributed by atoms with Crippen molar-refractivity contribution >= 4 is 11.7 Å². The molecule has 0 aliphatic heterocycles. The van der Waals surface area contributed by atoms with Gasteiger partial charge in [-0.2, -0.15) is 0 Å². The van der Waals surface area contributed by atoms with Crippen LogP contribution in [0.15, 0.2) is 12.4 Å². The largest absolute Gasteiger partial charge is 0.311 e. The van der Waals surface area contributed by atoms with Crippen molar-refractivity contribution in [1.82, 2.24) is 9.97 Å². The van der Waals surface area contributed by atoms with Gasteiger partial charge in [-0.3, -0.25) is 4.79 Å². The maximum absolute atomic E-state index is 10.6. The van der Waals surface area contributed by atoms with Gasteiger partial charge in [-0.25, -0.2) is 9.97 Å². The second-order valence-corrected chi connectivity index (χ2v) is 2.23. The molecular formula is C7H9N3O. The molecule has 1 aromatic heterocycles. The zero-order chi connectivity index (χ0) is 8.27. The second-order valence-electron chi connectivity index (χ2n) is 2.23. The van der Waals surface area contributed by atoms with E-state index in [2.05, 4.69) is 15.3 Å². The van der Waals surface area contributed by atoms with E-state index in [1.165, 1.54) is 13.3 Å². The van der Waals surface area contributed by atoms with Crippen molar-refractivity contribution < 1.29 is 4.79 Å². The Morgan fingerprint density at radius 1 is 1.55 bits per heavy atom. The predicted octanol–water partition coefficient (Wildman–Crippen LogP) is 0.743. The Labute approximate surface area is 64.7 Å². The Morgan fingerprint density at radius 2 is 2.27 bits per heavy atom. The number of nitrogens with zero attached hydrogens (tertiary/aromatic N) is 2. The van der Waals surface area contributed by atoms with Crippen LogP contribution in [0.2, 0.25) is 0 Å². The van der Waals surface area contributed by atoms with Crippen LogP contribution in [0.4, 0.5) is 5.82 Å². The number of hydrogen-bond donors (Lipinski definition) is 1. The molecule has 1 heterocycles. The van der Waals surface area contributed by atoms with Gasteiger partial charge in [0.15, 0.2) is 0 Å². The number of aryl methyl sites for hydroxylation is 1. The molecular weight excluding hydrogens is 142 g/mol. The highest BCUT2D eigenvalue weighted by atomic mass is 16.1. The van der Waals surface area contributed by atoms with Gasteiger partial charge in [-0.1, -0.05) is 0 Å². The molecule has 0 unspecified atom stereocenters. The Morgan fingerprint density at radius 3 is 2.82 bits per heavy atom. The minimum atomic E-state index is -0.122. The van der Waals surface area contributed by atoms with Gasteiger partial charge >= 0.3 is 0 Å². The van der Waals surface area contributed by atoms with Crippen LogP contribution in [0.1, 0.15) is 12.6 Å². The highest BCUT2D eigenvalue weighted by Crippen LogP contribution is 2.01. The normalized spacial score (nSPS) is 9.27. The van der Waals surface area contributed by atoms with E-state index in [4.69, 9.17) is 0 Å². The van der Waals surface area contributed by atoms with Crippen LogP contribution in [0.25, 0.3) is 0 Å². The molecule has 1 aromatic rings. The molecule has 0 radical (unpaired) electrons. The predicted molar refractivity (Wildman–Crippen MR) is 41.1 cm³/mol. The first-order valence-electron chi connectivity index (χ1n) is 3.25. The number of nitrogens with one attached hydrogen (secondary N) is 1. The van der Waals surface area contributed by atoms with Gasteiger partial charge < -0.3 is 5.32 Å². The number of carbonyl (C=O) groups is 1. The van der Waals surface area contributed by atoms with Crippen LogP contribution >= 0.6 is 0 Å². The van der Waals surface area contributed by atoms with Crippen molar-refractivity contribution in [1.29, 1.82) is 0 Å². The summed E-state index contributed by atoms with van der Waals surface area (Å²) < 4.78 is 0. The summed E-state index contributed by atoms with van der Waals surface area (Å²) in [4.78, 5) is 18.3. The van der Waals surface area contributed by atoms with Gasteiger partial charge in [0.25, 0.3) is 0 Å². The van der Waals surface area contributed by atoms with Gasteiger partial charge in [-0.15, -0.1) is 0 Å². The van der Waals surface area contributed by atoms with Crippen LogP contribution in [0.3, 0.4) is 0 Å². The van der Waals surface area contributed by atoms with Gasteiger partial charge in [-0.05, 0) is 6.92 Å². The highest BCUT2D eigenvalue weighted by molar-refractivity contribution is 5.87. The third-order valence-corrected chi connectivity index (χ3v) is 1.11. The lowest BCUT2D eigenvalue weighted by atomic mass is 10.4. The summed E-state index contributed by atoms with van der Waals surface area (Å²) in [7, 11) is 0. The third kappa shape index (κ3) is 2.33. The van der Waals surface area contributed by atoms with E-state index in [0.717, 1.165) is 5.69 Å². The maximum atomic E-state index is 10.6. The fourth-order valence-corrected chi connectivity index (χ4v) is 0.703. The van der Waals surface area contributed by atoms with Crippen molar-refractivity contribution in [2.75, 3.05) is 5.32 Å². The Balaban J connectivity index is 2.79. The first-order valence-corrected chi connectivity index (χ1v) is 3.25. The summed E-state index contributed by atoms with van der Waals surface area (Å²) in [5, 5.41) is 2.56. The lowest BCUT2D eigenvalue weighted by Gasteiger charge is -1.99. The van der Waals surface area contributed by atoms with E-state index in [0.29, 0.717) is 5.82 Å². The summed E-state index contributed by atoms with van der Waals surface area (Å²) >= 11 is 0. The summed E-state index contributed by atoms with van der Waals surface area (Å²) in [6, 6.07) is 1.71. The molecule has 4 heteroatoms. The van der Waals surface area contributed by atoms with Gasteiger partial charge in [0, 0.05) is 18.7 Å². The summed E-state index contributed by atoms with van der Waals surface area (Å²) in [5.74, 6) is 0.424. The summed E-state index contributed by atoms with van der Waals surface area (Å²) in [6.07, 6.45) is 1.42. The quantitative estimate of drug-likeness (QED) is 0.644. The van der Waals surface area contributed by atoms with Crippen molar-refractivity contribution in [3.63, 3.8) is 0 Å². The molecule has 0 aliphatic carbocycles. The topological polar surface area (TPSA) is 54.9 Å². The minimum Gasteiger partial charge on any atom is -0.311 e. The molecule has 0 fully saturated rings. The van der Waals surface area contributed by atoms with Crippen LogP contribution in [0, 0.1) is 6.92 Å². The number of anilines is 1. The number of aromatic nitrogens is 2. The molecule has 1 rings (SSSR count). The van der Waals surface area contributed by atoms with Crippen molar-refractivity contribution in [3.8, 4) is 0 Å². The zero-order valence-corrected chi connectivity index (χ0v) is 6.46. The smallest absolute Gasteiger partial charge is 0.222 e. The molecule has 0 aromatic carbocycles. The third-order valence-electron chi connectivity index (χ3n) is 1.11. The standard InChI is InChI=1S/C7H9N3O/c1-5-3-7(9-4-8-5)10-6(2)11/h3-4H,1-2H3,(H,8,9,10,11). The SMILES string of the molecule is CC(=O)Nc1cc(C)ncn1. The molecule has 0 spiro atoms. The fourth-order valence-electron chi connectivity index (χ4n) is 0.703. The summed E-state index contributed by atoms with van der Waals surface area (Å²) in [5.41, 5.74) is 0.837. The molecule has 0 aliphatic rings. The number of hydrogen-bond acceptors (Lipinski definition) is 3. The molecule has 0 saturated heterocycles. The molecule has 0 bridgehead atoms. The van der Waals surface area contributed by atoms with Crippen molar-refractivity contribution in [2.24, 2.45) is 0 Å². The second kappa shape index (κ2) is 3.09. The zero-order valence-electron chi connectivity index (χ0n) is 6.46. The van der Waals surface area contributed by atoms with Crippen molar-refractivity contribution in [3.05, 3.63) is 18.1 Å². The number of carbonyl (C=O) groups excluding carboxylic acids is 1. The fraction of sp³-hybridized carbons (Fsp3) is 0.286. The number of rotatable bonds is 1. The minimum absolute atomic E-state index is 0.122. The van der Waals surface area contributed by atoms with E-state index < -0.39 is 0 Å². The summed E-state index contributed by atoms with van der Waals surface area (Å²) in [6.45, 7) is 3.28. The molecule has 0 atom stereocenters. The van der Waals surface area contributed by atoms with E-state index >= 15 is 0 Å². The Kier molecular flexibility index (Phi) is 2.15. The lowest BCUT2D eigenvalue weighted by Crippen LogP contribution is -2.07. The highest BCUT2D eigenvalue weighted by Gasteiger charge is 1.95. The van der Waals surface area contributed by atoms with Crippen molar-refractivity contribution in [2.45, 2.75) is 13.8 Å². The number of amides is 1. The van der Waals surface area contributed by atoms with Crippen LogP contribution in [-0.4, -0.2) is 15.9 Å². The molecule has 58 valence electrons. The first-order chi connectivity index (χ1) is 5.18.